The Morgan fingerprint density at radius 2 is 1.60 bits per heavy atom. The number of nitrogens with zero attached hydrogens (tertiary/aromatic N) is 3. The number of benzene rings is 2. The molecule has 6 heteroatoms. The smallest absolute Gasteiger partial charge is 0.261 e. The van der Waals surface area contributed by atoms with Crippen LogP contribution in [0.5, 0.6) is 0 Å². The second kappa shape index (κ2) is 6.95. The van der Waals surface area contributed by atoms with Crippen molar-refractivity contribution in [1.82, 2.24) is 9.47 Å². The number of halogens is 1. The first-order valence-electron chi connectivity index (χ1n) is 8.04. The van der Waals surface area contributed by atoms with Gasteiger partial charge in [0.2, 0.25) is 6.33 Å². The van der Waals surface area contributed by atoms with Crippen molar-refractivity contribution >= 4 is 22.6 Å². The van der Waals surface area contributed by atoms with Crippen LogP contribution in [0.2, 0.25) is 0 Å². The maximum atomic E-state index is 12.8. The van der Waals surface area contributed by atoms with Crippen LogP contribution >= 0.6 is 0 Å². The lowest BCUT2D eigenvalue weighted by Gasteiger charge is -2.26. The zero-order chi connectivity index (χ0) is 16.7. The van der Waals surface area contributed by atoms with Crippen molar-refractivity contribution in [1.29, 1.82) is 0 Å². The van der Waals surface area contributed by atoms with Crippen molar-refractivity contribution in [3.05, 3.63) is 66.2 Å². The van der Waals surface area contributed by atoms with E-state index in [2.05, 4.69) is 0 Å². The fraction of sp³-hybridized carbons (Fsp3) is 0.211. The molecule has 0 atom stereocenters. The molecule has 0 unspecified atom stereocenters. The summed E-state index contributed by atoms with van der Waals surface area (Å²) in [6, 6.07) is 11.2. The van der Waals surface area contributed by atoms with E-state index >= 15 is 0 Å². The molecule has 128 valence electrons. The van der Waals surface area contributed by atoms with Crippen LogP contribution in [0.4, 0.5) is 0 Å². The van der Waals surface area contributed by atoms with E-state index < -0.39 is 0 Å². The number of aryl methyl sites for hydroxylation is 2. The molecule has 0 spiro atoms. The third-order valence-corrected chi connectivity index (χ3v) is 4.48. The highest BCUT2D eigenvalue weighted by atomic mass is 127. The predicted octanol–water partition coefficient (Wildman–Crippen LogP) is -0.844. The highest BCUT2D eigenvalue weighted by molar-refractivity contribution is 6.25. The summed E-state index contributed by atoms with van der Waals surface area (Å²) in [6.07, 6.45) is 6.66. The summed E-state index contributed by atoms with van der Waals surface area (Å²) in [5, 5.41) is 1.72. The third kappa shape index (κ3) is 3.06. The molecule has 0 saturated heterocycles. The van der Waals surface area contributed by atoms with Crippen molar-refractivity contribution in [2.24, 2.45) is 7.05 Å². The molecule has 5 nitrogen and oxygen atoms in total. The van der Waals surface area contributed by atoms with Gasteiger partial charge >= 0.3 is 0 Å². The Kier molecular flexibility index (Phi) is 4.89. The van der Waals surface area contributed by atoms with E-state index in [4.69, 9.17) is 0 Å². The number of imide groups is 1. The first-order chi connectivity index (χ1) is 11.6. The molecule has 0 saturated carbocycles. The van der Waals surface area contributed by atoms with Gasteiger partial charge in [0.1, 0.15) is 12.4 Å². The highest BCUT2D eigenvalue weighted by Crippen LogP contribution is 2.29. The van der Waals surface area contributed by atoms with E-state index in [-0.39, 0.29) is 35.8 Å². The molecule has 1 aliphatic rings. The van der Waals surface area contributed by atoms with Crippen LogP contribution < -0.4 is 28.5 Å². The van der Waals surface area contributed by atoms with Crippen molar-refractivity contribution in [3.8, 4) is 0 Å². The monoisotopic (exact) mass is 447 g/mol. The van der Waals surface area contributed by atoms with Gasteiger partial charge in [-0.1, -0.05) is 24.3 Å². The zero-order valence-corrected chi connectivity index (χ0v) is 16.0. The Morgan fingerprint density at radius 1 is 0.960 bits per heavy atom. The fourth-order valence-electron chi connectivity index (χ4n) is 3.33. The quantitative estimate of drug-likeness (QED) is 0.298. The van der Waals surface area contributed by atoms with Crippen LogP contribution in [0.1, 0.15) is 27.1 Å². The molecule has 2 aromatic carbocycles. The number of hydrogen-bond donors (Lipinski definition) is 0. The highest BCUT2D eigenvalue weighted by Gasteiger charge is 2.32. The van der Waals surface area contributed by atoms with E-state index in [0.29, 0.717) is 17.7 Å². The molecule has 2 amide bonds. The van der Waals surface area contributed by atoms with Gasteiger partial charge in [-0.15, -0.1) is 0 Å². The molecule has 0 fully saturated rings. The number of amides is 2. The van der Waals surface area contributed by atoms with Gasteiger partial charge in [0.15, 0.2) is 0 Å². The number of carbonyl (C=O) groups is 2. The molecule has 0 bridgehead atoms. The number of rotatable bonds is 4. The minimum atomic E-state index is -0.192. The SMILES string of the molecule is C[n+]1ccn(CCCN2C(=O)c3cccc4cccc(c34)C2=O)c1.[I-]. The standard InChI is InChI=1S/C19H18N3O2.HI/c1-20-11-12-21(13-20)9-4-10-22-18(23)15-7-2-5-14-6-3-8-16(17(14)15)19(22)24;/h2-3,5-8,11-13H,4,9-10H2,1H3;1H/q+1;/p-1. The minimum Gasteiger partial charge on any atom is -1.00 e. The summed E-state index contributed by atoms with van der Waals surface area (Å²) in [6.45, 7) is 1.19. The molecule has 0 aliphatic carbocycles. The van der Waals surface area contributed by atoms with Gasteiger partial charge in [-0.2, -0.15) is 0 Å². The molecule has 1 aliphatic heterocycles. The van der Waals surface area contributed by atoms with Crippen molar-refractivity contribution in [2.45, 2.75) is 13.0 Å². The van der Waals surface area contributed by atoms with Crippen LogP contribution in [0, 0.1) is 0 Å². The maximum absolute atomic E-state index is 12.8. The second-order valence-corrected chi connectivity index (χ2v) is 6.14. The first kappa shape index (κ1) is 17.6. The van der Waals surface area contributed by atoms with Gasteiger partial charge in [0.25, 0.3) is 11.8 Å². The number of carbonyl (C=O) groups excluding carboxylic acids is 2. The lowest BCUT2D eigenvalue weighted by Crippen LogP contribution is -3.00. The average Bonchev–Trinajstić information content (AvgIpc) is 3.01. The zero-order valence-electron chi connectivity index (χ0n) is 13.9. The average molecular weight is 447 g/mol. The Morgan fingerprint density at radius 3 is 2.16 bits per heavy atom. The molecule has 4 rings (SSSR count). The first-order valence-corrected chi connectivity index (χ1v) is 8.04. The fourth-order valence-corrected chi connectivity index (χ4v) is 3.33. The summed E-state index contributed by atoms with van der Waals surface area (Å²) >= 11 is 0. The molecule has 0 N–H and O–H groups in total. The van der Waals surface area contributed by atoms with Gasteiger partial charge in [-0.3, -0.25) is 14.5 Å². The molecule has 25 heavy (non-hydrogen) atoms. The van der Waals surface area contributed by atoms with E-state index in [1.54, 1.807) is 12.1 Å². The Bertz CT molecular complexity index is 913. The van der Waals surface area contributed by atoms with Crippen molar-refractivity contribution < 1.29 is 38.1 Å². The molecule has 2 heterocycles. The Hall–Kier alpha value is -2.22. The normalized spacial score (nSPS) is 13.2. The third-order valence-electron chi connectivity index (χ3n) is 4.48. The molecular weight excluding hydrogens is 429 g/mol. The number of hydrogen-bond acceptors (Lipinski definition) is 2. The largest absolute Gasteiger partial charge is 1.00 e. The predicted molar refractivity (Wildman–Crippen MR) is 89.5 cm³/mol. The molecule has 0 radical (unpaired) electrons. The van der Waals surface area contributed by atoms with Crippen LogP contribution in [-0.2, 0) is 13.6 Å². The van der Waals surface area contributed by atoms with Gasteiger partial charge < -0.3 is 24.0 Å². The van der Waals surface area contributed by atoms with E-state index in [1.807, 2.05) is 59.2 Å². The van der Waals surface area contributed by atoms with Gasteiger partial charge in [0, 0.05) is 29.5 Å². The summed E-state index contributed by atoms with van der Waals surface area (Å²) < 4.78 is 4.02. The second-order valence-electron chi connectivity index (χ2n) is 6.14. The lowest BCUT2D eigenvalue weighted by atomic mass is 9.94. The van der Waals surface area contributed by atoms with Crippen LogP contribution in [0.15, 0.2) is 55.1 Å². The van der Waals surface area contributed by atoms with Gasteiger partial charge in [-0.05, 0) is 17.5 Å². The maximum Gasteiger partial charge on any atom is 0.261 e. The van der Waals surface area contributed by atoms with Crippen LogP contribution in [0.25, 0.3) is 10.8 Å². The summed E-state index contributed by atoms with van der Waals surface area (Å²) in [4.78, 5) is 26.9. The van der Waals surface area contributed by atoms with E-state index in [1.165, 1.54) is 4.90 Å². The van der Waals surface area contributed by atoms with Gasteiger partial charge in [0.05, 0.1) is 13.6 Å². The molecular formula is C19H18IN3O2. The van der Waals surface area contributed by atoms with Gasteiger partial charge in [-0.25, -0.2) is 9.13 Å². The Balaban J connectivity index is 0.00000182. The van der Waals surface area contributed by atoms with E-state index in [9.17, 15) is 9.59 Å². The van der Waals surface area contributed by atoms with Crippen molar-refractivity contribution in [3.63, 3.8) is 0 Å². The lowest BCUT2D eigenvalue weighted by molar-refractivity contribution is -0.671. The minimum absolute atomic E-state index is 0. The number of aromatic nitrogens is 2. The van der Waals surface area contributed by atoms with Crippen LogP contribution in [-0.4, -0.2) is 27.8 Å². The van der Waals surface area contributed by atoms with Crippen LogP contribution in [0.3, 0.4) is 0 Å². The number of imidazole rings is 1. The summed E-state index contributed by atoms with van der Waals surface area (Å²) in [5.41, 5.74) is 1.24. The Labute approximate surface area is 162 Å². The summed E-state index contributed by atoms with van der Waals surface area (Å²) in [5.74, 6) is -0.385. The van der Waals surface area contributed by atoms with Crippen molar-refractivity contribution in [2.75, 3.05) is 6.54 Å². The van der Waals surface area contributed by atoms with E-state index in [0.717, 1.165) is 23.7 Å². The summed E-state index contributed by atoms with van der Waals surface area (Å²) in [7, 11) is 1.96. The molecule has 1 aromatic heterocycles. The topological polar surface area (TPSA) is 46.2 Å². The molecule has 3 aromatic rings.